The summed E-state index contributed by atoms with van der Waals surface area (Å²) in [7, 11) is 0. The molecule has 23 heavy (non-hydrogen) atoms. The number of nitrogens with zero attached hydrogens (tertiary/aromatic N) is 4. The molecule has 0 spiro atoms. The fourth-order valence-corrected chi connectivity index (χ4v) is 2.72. The molecule has 2 aromatic rings. The van der Waals surface area contributed by atoms with Crippen LogP contribution in [0.15, 0.2) is 16.7 Å². The van der Waals surface area contributed by atoms with Crippen LogP contribution in [0.1, 0.15) is 47.4 Å². The molecule has 0 atom stereocenters. The van der Waals surface area contributed by atoms with E-state index in [-0.39, 0.29) is 5.91 Å². The zero-order valence-electron chi connectivity index (χ0n) is 13.9. The third-order valence-corrected chi connectivity index (χ3v) is 4.15. The van der Waals surface area contributed by atoms with E-state index >= 15 is 0 Å². The van der Waals surface area contributed by atoms with Crippen LogP contribution in [-0.4, -0.2) is 57.2 Å². The highest BCUT2D eigenvalue weighted by atomic mass is 16.5. The van der Waals surface area contributed by atoms with Crippen LogP contribution in [0.2, 0.25) is 0 Å². The summed E-state index contributed by atoms with van der Waals surface area (Å²) in [5.41, 5.74) is 2.40. The van der Waals surface area contributed by atoms with Gasteiger partial charge in [-0.15, -0.1) is 0 Å². The van der Waals surface area contributed by atoms with Gasteiger partial charge < -0.3 is 9.42 Å². The number of hydrogen-bond acceptors (Lipinski definition) is 5. The Labute approximate surface area is 135 Å². The highest BCUT2D eigenvalue weighted by molar-refractivity contribution is 5.92. The molecule has 2 aromatic heterocycles. The second-order valence-electron chi connectivity index (χ2n) is 6.37. The molecule has 0 bridgehead atoms. The van der Waals surface area contributed by atoms with Gasteiger partial charge in [0.25, 0.3) is 5.91 Å². The normalized spacial score (nSPS) is 16.3. The fraction of sp³-hybridized carbons (Fsp3) is 0.562. The number of rotatable bonds is 4. The minimum Gasteiger partial charge on any atom is -0.360 e. The maximum atomic E-state index is 12.5. The SMILES string of the molecule is Cc1cc(CN2CCN(C(=O)c3cc(C(C)C)[nH]n3)CC2)on1. The van der Waals surface area contributed by atoms with Gasteiger partial charge in [0.1, 0.15) is 5.69 Å². The Balaban J connectivity index is 1.54. The number of piperazine rings is 1. The predicted octanol–water partition coefficient (Wildman–Crippen LogP) is 1.79. The first-order chi connectivity index (χ1) is 11.0. The standard InChI is InChI=1S/C16H23N5O2/c1-11(2)14-9-15(18-17-14)16(22)21-6-4-20(5-7-21)10-13-8-12(3)19-23-13/h8-9,11H,4-7,10H2,1-3H3,(H,17,18). The van der Waals surface area contributed by atoms with Gasteiger partial charge in [-0.1, -0.05) is 19.0 Å². The summed E-state index contributed by atoms with van der Waals surface area (Å²) in [6, 6.07) is 3.81. The van der Waals surface area contributed by atoms with E-state index in [4.69, 9.17) is 4.52 Å². The molecule has 1 aliphatic rings. The highest BCUT2D eigenvalue weighted by Gasteiger charge is 2.24. The Morgan fingerprint density at radius 3 is 2.61 bits per heavy atom. The Kier molecular flexibility index (Phi) is 4.47. The first-order valence-electron chi connectivity index (χ1n) is 8.02. The average molecular weight is 317 g/mol. The smallest absolute Gasteiger partial charge is 0.274 e. The highest BCUT2D eigenvalue weighted by Crippen LogP contribution is 2.15. The monoisotopic (exact) mass is 317 g/mol. The lowest BCUT2D eigenvalue weighted by molar-refractivity contribution is 0.0611. The van der Waals surface area contributed by atoms with Gasteiger partial charge in [-0.2, -0.15) is 5.10 Å². The summed E-state index contributed by atoms with van der Waals surface area (Å²) < 4.78 is 5.25. The number of nitrogens with one attached hydrogen (secondary N) is 1. The minimum absolute atomic E-state index is 0.00306. The number of carbonyl (C=O) groups excluding carboxylic acids is 1. The molecular formula is C16H23N5O2. The third-order valence-electron chi connectivity index (χ3n) is 4.15. The van der Waals surface area contributed by atoms with Crippen molar-refractivity contribution in [1.29, 1.82) is 0 Å². The van der Waals surface area contributed by atoms with Crippen molar-refractivity contribution in [1.82, 2.24) is 25.2 Å². The maximum Gasteiger partial charge on any atom is 0.274 e. The lowest BCUT2D eigenvalue weighted by Crippen LogP contribution is -2.48. The first-order valence-corrected chi connectivity index (χ1v) is 8.02. The zero-order valence-corrected chi connectivity index (χ0v) is 13.9. The largest absolute Gasteiger partial charge is 0.360 e. The predicted molar refractivity (Wildman–Crippen MR) is 85.1 cm³/mol. The van der Waals surface area contributed by atoms with Crippen LogP contribution in [0.5, 0.6) is 0 Å². The molecule has 0 aromatic carbocycles. The van der Waals surface area contributed by atoms with Gasteiger partial charge in [-0.05, 0) is 18.9 Å². The fourth-order valence-electron chi connectivity index (χ4n) is 2.72. The summed E-state index contributed by atoms with van der Waals surface area (Å²) in [4.78, 5) is 16.6. The number of carbonyl (C=O) groups is 1. The van der Waals surface area contributed by atoms with Gasteiger partial charge in [0.05, 0.1) is 12.2 Å². The number of aromatic amines is 1. The number of amides is 1. The van der Waals surface area contributed by atoms with E-state index < -0.39 is 0 Å². The minimum atomic E-state index is 0.00306. The molecule has 3 rings (SSSR count). The summed E-state index contributed by atoms with van der Waals surface area (Å²) in [6.45, 7) is 9.87. The second kappa shape index (κ2) is 6.54. The summed E-state index contributed by atoms with van der Waals surface area (Å²) in [5.74, 6) is 1.21. The molecule has 0 aliphatic carbocycles. The van der Waals surface area contributed by atoms with Gasteiger partial charge in [0.15, 0.2) is 5.76 Å². The summed E-state index contributed by atoms with van der Waals surface area (Å²) in [6.07, 6.45) is 0. The van der Waals surface area contributed by atoms with E-state index in [1.165, 1.54) is 0 Å². The van der Waals surface area contributed by atoms with Crippen LogP contribution in [0.25, 0.3) is 0 Å². The molecule has 0 unspecified atom stereocenters. The molecule has 1 amide bonds. The molecule has 0 saturated carbocycles. The molecule has 124 valence electrons. The van der Waals surface area contributed by atoms with Crippen molar-refractivity contribution in [2.24, 2.45) is 0 Å². The number of hydrogen-bond donors (Lipinski definition) is 1. The number of H-pyrrole nitrogens is 1. The van der Waals surface area contributed by atoms with E-state index in [1.807, 2.05) is 24.0 Å². The summed E-state index contributed by atoms with van der Waals surface area (Å²) >= 11 is 0. The van der Waals surface area contributed by atoms with Crippen molar-refractivity contribution in [2.75, 3.05) is 26.2 Å². The van der Waals surface area contributed by atoms with Crippen molar-refractivity contribution >= 4 is 5.91 Å². The maximum absolute atomic E-state index is 12.5. The van der Waals surface area contributed by atoms with Crippen LogP contribution in [-0.2, 0) is 6.54 Å². The van der Waals surface area contributed by atoms with E-state index in [0.717, 1.165) is 36.8 Å². The third kappa shape index (κ3) is 3.61. The van der Waals surface area contributed by atoms with Crippen molar-refractivity contribution < 1.29 is 9.32 Å². The van der Waals surface area contributed by atoms with Gasteiger partial charge in [0, 0.05) is 37.9 Å². The molecule has 1 saturated heterocycles. The molecule has 1 aliphatic heterocycles. The topological polar surface area (TPSA) is 78.3 Å². The Bertz CT molecular complexity index is 668. The van der Waals surface area contributed by atoms with E-state index in [9.17, 15) is 4.79 Å². The van der Waals surface area contributed by atoms with E-state index in [0.29, 0.717) is 24.7 Å². The van der Waals surface area contributed by atoms with Crippen molar-refractivity contribution in [2.45, 2.75) is 33.2 Å². The van der Waals surface area contributed by atoms with E-state index in [2.05, 4.69) is 34.1 Å². The van der Waals surface area contributed by atoms with Crippen LogP contribution in [0, 0.1) is 6.92 Å². The molecule has 3 heterocycles. The van der Waals surface area contributed by atoms with Crippen LogP contribution in [0.3, 0.4) is 0 Å². The van der Waals surface area contributed by atoms with Crippen LogP contribution < -0.4 is 0 Å². The van der Waals surface area contributed by atoms with Gasteiger partial charge in [-0.3, -0.25) is 14.8 Å². The van der Waals surface area contributed by atoms with Crippen LogP contribution in [0.4, 0.5) is 0 Å². The van der Waals surface area contributed by atoms with E-state index in [1.54, 1.807) is 0 Å². The van der Waals surface area contributed by atoms with Gasteiger partial charge in [-0.25, -0.2) is 0 Å². The first kappa shape index (κ1) is 15.7. The Hall–Kier alpha value is -2.15. The van der Waals surface area contributed by atoms with Crippen molar-refractivity contribution in [3.63, 3.8) is 0 Å². The second-order valence-corrected chi connectivity index (χ2v) is 6.37. The number of aryl methyl sites for hydroxylation is 1. The molecule has 7 nitrogen and oxygen atoms in total. The summed E-state index contributed by atoms with van der Waals surface area (Å²) in [5, 5.41) is 11.0. The number of aromatic nitrogens is 3. The van der Waals surface area contributed by atoms with Crippen LogP contribution >= 0.6 is 0 Å². The quantitative estimate of drug-likeness (QED) is 0.930. The average Bonchev–Trinajstić information content (AvgIpc) is 3.17. The van der Waals surface area contributed by atoms with Crippen molar-refractivity contribution in [3.05, 3.63) is 35.0 Å². The van der Waals surface area contributed by atoms with Gasteiger partial charge >= 0.3 is 0 Å². The van der Waals surface area contributed by atoms with Crippen molar-refractivity contribution in [3.8, 4) is 0 Å². The Morgan fingerprint density at radius 1 is 1.30 bits per heavy atom. The molecule has 7 heteroatoms. The van der Waals surface area contributed by atoms with Gasteiger partial charge in [0.2, 0.25) is 0 Å². The molecule has 1 N–H and O–H groups in total. The zero-order chi connectivity index (χ0) is 16.4. The molecular weight excluding hydrogens is 294 g/mol. The lowest BCUT2D eigenvalue weighted by atomic mass is 10.1. The lowest BCUT2D eigenvalue weighted by Gasteiger charge is -2.33. The molecule has 0 radical (unpaired) electrons. The molecule has 1 fully saturated rings. The Morgan fingerprint density at radius 2 is 2.04 bits per heavy atom.